The molecule has 124 valence electrons. The van der Waals surface area contributed by atoms with E-state index in [1.807, 2.05) is 0 Å². The maximum Gasteiger partial charge on any atom is 0.142 e. The van der Waals surface area contributed by atoms with Crippen LogP contribution in [0, 0.1) is 0 Å². The Morgan fingerprint density at radius 3 is 2.95 bits per heavy atom. The molecule has 1 aromatic carbocycles. The van der Waals surface area contributed by atoms with E-state index < -0.39 is 0 Å². The summed E-state index contributed by atoms with van der Waals surface area (Å²) in [5.41, 5.74) is 2.54. The fourth-order valence-corrected chi connectivity index (χ4v) is 2.82. The van der Waals surface area contributed by atoms with Crippen molar-refractivity contribution in [1.29, 1.82) is 0 Å². The molecular formula is C18H31N3O. The van der Waals surface area contributed by atoms with Gasteiger partial charge in [0.15, 0.2) is 0 Å². The standard InChI is InChI=1S/C18H31N3O/c1-3-5-9-20-15-16-7-8-17(18(14-16)22-4-2)21-12-6-10-19-11-13-21/h7-8,14,19-20H,3-6,9-13,15H2,1-2H3. The summed E-state index contributed by atoms with van der Waals surface area (Å²) < 4.78 is 5.91. The molecule has 1 saturated heterocycles. The molecule has 1 aliphatic heterocycles. The number of rotatable bonds is 8. The molecule has 22 heavy (non-hydrogen) atoms. The maximum absolute atomic E-state index is 5.91. The van der Waals surface area contributed by atoms with Crippen molar-refractivity contribution >= 4 is 5.69 Å². The van der Waals surface area contributed by atoms with Gasteiger partial charge in [-0.05, 0) is 50.6 Å². The first-order valence-corrected chi connectivity index (χ1v) is 8.77. The molecule has 0 aliphatic carbocycles. The van der Waals surface area contributed by atoms with Crippen LogP contribution in [0.2, 0.25) is 0 Å². The number of nitrogens with zero attached hydrogens (tertiary/aromatic N) is 1. The minimum atomic E-state index is 0.714. The summed E-state index contributed by atoms with van der Waals surface area (Å²) in [5.74, 6) is 1.03. The fraction of sp³-hybridized carbons (Fsp3) is 0.667. The number of anilines is 1. The zero-order valence-electron chi connectivity index (χ0n) is 14.2. The highest BCUT2D eigenvalue weighted by molar-refractivity contribution is 5.60. The summed E-state index contributed by atoms with van der Waals surface area (Å²) in [6.45, 7) is 11.3. The number of hydrogen-bond donors (Lipinski definition) is 2. The molecule has 0 amide bonds. The van der Waals surface area contributed by atoms with Crippen LogP contribution in [0.4, 0.5) is 5.69 Å². The van der Waals surface area contributed by atoms with Crippen molar-refractivity contribution in [3.05, 3.63) is 23.8 Å². The first-order valence-electron chi connectivity index (χ1n) is 8.77. The maximum atomic E-state index is 5.91. The van der Waals surface area contributed by atoms with Crippen LogP contribution in [0.15, 0.2) is 18.2 Å². The second-order valence-electron chi connectivity index (χ2n) is 5.86. The Morgan fingerprint density at radius 2 is 2.14 bits per heavy atom. The van der Waals surface area contributed by atoms with Crippen molar-refractivity contribution in [1.82, 2.24) is 10.6 Å². The van der Waals surface area contributed by atoms with Crippen LogP contribution in [0.5, 0.6) is 5.75 Å². The minimum absolute atomic E-state index is 0.714. The summed E-state index contributed by atoms with van der Waals surface area (Å²) in [6, 6.07) is 6.67. The number of hydrogen-bond acceptors (Lipinski definition) is 4. The molecule has 0 atom stereocenters. The smallest absolute Gasteiger partial charge is 0.142 e. The van der Waals surface area contributed by atoms with Crippen molar-refractivity contribution in [2.24, 2.45) is 0 Å². The van der Waals surface area contributed by atoms with Crippen LogP contribution in [0.3, 0.4) is 0 Å². The van der Waals surface area contributed by atoms with Gasteiger partial charge in [0.25, 0.3) is 0 Å². The Bertz CT molecular complexity index is 428. The van der Waals surface area contributed by atoms with E-state index in [9.17, 15) is 0 Å². The molecule has 2 N–H and O–H groups in total. The minimum Gasteiger partial charge on any atom is -0.492 e. The van der Waals surface area contributed by atoms with E-state index >= 15 is 0 Å². The van der Waals surface area contributed by atoms with E-state index in [1.165, 1.54) is 30.5 Å². The van der Waals surface area contributed by atoms with Crippen LogP contribution in [-0.4, -0.2) is 39.3 Å². The normalized spacial score (nSPS) is 15.6. The third-order valence-corrected chi connectivity index (χ3v) is 4.04. The van der Waals surface area contributed by atoms with Crippen LogP contribution in [0.25, 0.3) is 0 Å². The van der Waals surface area contributed by atoms with Gasteiger partial charge in [-0.3, -0.25) is 0 Å². The Kier molecular flexibility index (Phi) is 7.54. The lowest BCUT2D eigenvalue weighted by Crippen LogP contribution is -2.28. The van der Waals surface area contributed by atoms with Crippen molar-refractivity contribution in [2.45, 2.75) is 39.7 Å². The largest absolute Gasteiger partial charge is 0.492 e. The highest BCUT2D eigenvalue weighted by Gasteiger charge is 2.14. The van der Waals surface area contributed by atoms with Gasteiger partial charge in [-0.2, -0.15) is 0 Å². The van der Waals surface area contributed by atoms with E-state index in [0.29, 0.717) is 6.61 Å². The molecular weight excluding hydrogens is 274 g/mol. The Balaban J connectivity index is 2.05. The lowest BCUT2D eigenvalue weighted by atomic mass is 10.1. The molecule has 0 spiro atoms. The number of ether oxygens (including phenoxy) is 1. The van der Waals surface area contributed by atoms with Gasteiger partial charge in [0.1, 0.15) is 5.75 Å². The lowest BCUT2D eigenvalue weighted by Gasteiger charge is -2.25. The molecule has 0 bridgehead atoms. The predicted octanol–water partition coefficient (Wildman–Crippen LogP) is 2.77. The third kappa shape index (κ3) is 5.18. The van der Waals surface area contributed by atoms with Gasteiger partial charge >= 0.3 is 0 Å². The van der Waals surface area contributed by atoms with Crippen molar-refractivity contribution in [2.75, 3.05) is 44.2 Å². The van der Waals surface area contributed by atoms with Crippen LogP contribution >= 0.6 is 0 Å². The highest BCUT2D eigenvalue weighted by atomic mass is 16.5. The van der Waals surface area contributed by atoms with E-state index in [2.05, 4.69) is 47.6 Å². The van der Waals surface area contributed by atoms with Gasteiger partial charge in [-0.1, -0.05) is 19.4 Å². The summed E-state index contributed by atoms with van der Waals surface area (Å²) >= 11 is 0. The Morgan fingerprint density at radius 1 is 1.23 bits per heavy atom. The molecule has 1 aliphatic rings. The van der Waals surface area contributed by atoms with Gasteiger partial charge in [0.2, 0.25) is 0 Å². The molecule has 0 aromatic heterocycles. The lowest BCUT2D eigenvalue weighted by molar-refractivity contribution is 0.340. The molecule has 0 unspecified atom stereocenters. The van der Waals surface area contributed by atoms with E-state index in [4.69, 9.17) is 4.74 Å². The van der Waals surface area contributed by atoms with Gasteiger partial charge in [0, 0.05) is 26.2 Å². The quantitative estimate of drug-likeness (QED) is 0.724. The van der Waals surface area contributed by atoms with Gasteiger partial charge in [-0.25, -0.2) is 0 Å². The second kappa shape index (κ2) is 9.70. The highest BCUT2D eigenvalue weighted by Crippen LogP contribution is 2.30. The number of nitrogens with one attached hydrogen (secondary N) is 2. The Labute approximate surface area is 135 Å². The van der Waals surface area contributed by atoms with E-state index in [1.54, 1.807) is 0 Å². The summed E-state index contributed by atoms with van der Waals surface area (Å²) in [5, 5.41) is 6.96. The molecule has 4 nitrogen and oxygen atoms in total. The molecule has 1 aromatic rings. The van der Waals surface area contributed by atoms with E-state index in [0.717, 1.165) is 45.0 Å². The van der Waals surface area contributed by atoms with Crippen molar-refractivity contribution in [3.8, 4) is 5.75 Å². The number of unbranched alkanes of at least 4 members (excludes halogenated alkanes) is 1. The SMILES string of the molecule is CCCCNCc1ccc(N2CCCNCC2)c(OCC)c1. The first-order chi connectivity index (χ1) is 10.8. The van der Waals surface area contributed by atoms with Crippen LogP contribution in [0.1, 0.15) is 38.7 Å². The van der Waals surface area contributed by atoms with Gasteiger partial charge in [-0.15, -0.1) is 0 Å². The van der Waals surface area contributed by atoms with Crippen molar-refractivity contribution < 1.29 is 4.74 Å². The molecule has 4 heteroatoms. The monoisotopic (exact) mass is 305 g/mol. The zero-order chi connectivity index (χ0) is 15.6. The summed E-state index contributed by atoms with van der Waals surface area (Å²) in [4.78, 5) is 2.44. The molecule has 0 saturated carbocycles. The van der Waals surface area contributed by atoms with Gasteiger partial charge < -0.3 is 20.3 Å². The second-order valence-corrected chi connectivity index (χ2v) is 5.86. The zero-order valence-corrected chi connectivity index (χ0v) is 14.2. The number of benzene rings is 1. The molecule has 2 rings (SSSR count). The fourth-order valence-electron chi connectivity index (χ4n) is 2.82. The topological polar surface area (TPSA) is 36.5 Å². The van der Waals surface area contributed by atoms with Crippen LogP contribution < -0.4 is 20.3 Å². The summed E-state index contributed by atoms with van der Waals surface area (Å²) in [6.07, 6.45) is 3.65. The summed E-state index contributed by atoms with van der Waals surface area (Å²) in [7, 11) is 0. The van der Waals surface area contributed by atoms with Gasteiger partial charge in [0.05, 0.1) is 12.3 Å². The first kappa shape index (κ1) is 17.1. The molecule has 1 heterocycles. The van der Waals surface area contributed by atoms with E-state index in [-0.39, 0.29) is 0 Å². The van der Waals surface area contributed by atoms with Crippen LogP contribution in [-0.2, 0) is 6.54 Å². The third-order valence-electron chi connectivity index (χ3n) is 4.04. The Hall–Kier alpha value is -1.26. The molecule has 0 radical (unpaired) electrons. The predicted molar refractivity (Wildman–Crippen MR) is 93.9 cm³/mol. The van der Waals surface area contributed by atoms with Crippen molar-refractivity contribution in [3.63, 3.8) is 0 Å². The average molecular weight is 305 g/mol. The molecule has 1 fully saturated rings. The average Bonchev–Trinajstić information content (AvgIpc) is 2.81.